The van der Waals surface area contributed by atoms with Crippen LogP contribution >= 0.6 is 11.3 Å². The van der Waals surface area contributed by atoms with E-state index in [4.69, 9.17) is 0 Å². The van der Waals surface area contributed by atoms with Crippen molar-refractivity contribution in [2.45, 2.75) is 5.92 Å². The molecule has 0 fully saturated rings. The van der Waals surface area contributed by atoms with Gasteiger partial charge in [0, 0.05) is 11.1 Å². The van der Waals surface area contributed by atoms with Crippen molar-refractivity contribution >= 4 is 29.2 Å². The minimum Gasteiger partial charge on any atom is -0.236 e. The lowest BCUT2D eigenvalue weighted by Crippen LogP contribution is -2.18. The summed E-state index contributed by atoms with van der Waals surface area (Å²) in [7, 11) is 0. The van der Waals surface area contributed by atoms with Gasteiger partial charge in [0.25, 0.3) is 0 Å². The van der Waals surface area contributed by atoms with Gasteiger partial charge in [0.15, 0.2) is 5.84 Å². The number of thiophene rings is 1. The van der Waals surface area contributed by atoms with Crippen LogP contribution in [-0.4, -0.2) is 17.9 Å². The lowest BCUT2D eigenvalue weighted by Gasteiger charge is -2.13. The number of hydrogen-bond donors (Lipinski definition) is 0. The van der Waals surface area contributed by atoms with Gasteiger partial charge in [0.05, 0.1) is 11.6 Å². The highest BCUT2D eigenvalue weighted by atomic mass is 32.1. The number of fused-ring (bicyclic) bond motifs is 1. The monoisotopic (exact) mass is 201 g/mol. The molecule has 0 saturated heterocycles. The summed E-state index contributed by atoms with van der Waals surface area (Å²) in [6, 6.07) is 4.17. The normalized spacial score (nSPS) is 23.3. The summed E-state index contributed by atoms with van der Waals surface area (Å²) < 4.78 is 0. The van der Waals surface area contributed by atoms with Gasteiger partial charge < -0.3 is 0 Å². The fourth-order valence-electron chi connectivity index (χ4n) is 1.58. The summed E-state index contributed by atoms with van der Waals surface area (Å²) in [5.74, 6) is 0.996. The predicted molar refractivity (Wildman–Crippen MR) is 59.6 cm³/mol. The fourth-order valence-corrected chi connectivity index (χ4v) is 2.39. The first-order valence-electron chi connectivity index (χ1n) is 4.33. The van der Waals surface area contributed by atoms with E-state index in [1.165, 1.54) is 4.88 Å². The van der Waals surface area contributed by atoms with Crippen LogP contribution < -0.4 is 0 Å². The maximum Gasteiger partial charge on any atom is 0.176 e. The van der Waals surface area contributed by atoms with Crippen LogP contribution in [0.25, 0.3) is 0 Å². The van der Waals surface area contributed by atoms with Crippen molar-refractivity contribution in [2.75, 3.05) is 0 Å². The second-order valence-corrected chi connectivity index (χ2v) is 4.03. The standard InChI is InChI=1S/C10H7N3S/c1-2-8(14-5-1)7-3-4-11-10-9(7)12-6-13-10/h1-7H. The molecular weight excluding hydrogens is 194 g/mol. The Hall–Kier alpha value is -1.55. The Morgan fingerprint density at radius 2 is 2.29 bits per heavy atom. The second kappa shape index (κ2) is 2.99. The molecule has 1 aromatic heterocycles. The van der Waals surface area contributed by atoms with E-state index in [0.29, 0.717) is 0 Å². The van der Waals surface area contributed by atoms with Crippen LogP contribution in [0.15, 0.2) is 44.8 Å². The van der Waals surface area contributed by atoms with Crippen LogP contribution in [0, 0.1) is 0 Å². The molecule has 0 spiro atoms. The molecule has 1 unspecified atom stereocenters. The number of allylic oxidation sites excluding steroid dienone is 1. The van der Waals surface area contributed by atoms with E-state index in [2.05, 4.69) is 38.6 Å². The number of aliphatic imine (C=N–C) groups is 3. The lowest BCUT2D eigenvalue weighted by molar-refractivity contribution is 1.17. The molecule has 0 saturated carbocycles. The fraction of sp³-hybridized carbons (Fsp3) is 0.100. The van der Waals surface area contributed by atoms with Gasteiger partial charge >= 0.3 is 0 Å². The molecule has 14 heavy (non-hydrogen) atoms. The average molecular weight is 201 g/mol. The number of hydrogen-bond acceptors (Lipinski definition) is 4. The summed E-state index contributed by atoms with van der Waals surface area (Å²) >= 11 is 1.74. The van der Waals surface area contributed by atoms with Crippen molar-refractivity contribution in [3.8, 4) is 0 Å². The van der Waals surface area contributed by atoms with E-state index in [-0.39, 0.29) is 5.92 Å². The molecule has 0 radical (unpaired) electrons. The first-order valence-corrected chi connectivity index (χ1v) is 5.21. The topological polar surface area (TPSA) is 37.1 Å². The second-order valence-electron chi connectivity index (χ2n) is 3.05. The summed E-state index contributed by atoms with van der Waals surface area (Å²) in [5.41, 5.74) is 0.968. The minimum absolute atomic E-state index is 0.241. The van der Waals surface area contributed by atoms with E-state index in [1.807, 2.05) is 0 Å². The molecule has 0 aliphatic carbocycles. The maximum atomic E-state index is 4.24. The number of nitrogens with zero attached hydrogens (tertiary/aromatic N) is 3. The zero-order valence-corrected chi connectivity index (χ0v) is 8.11. The van der Waals surface area contributed by atoms with Crippen LogP contribution in [0.3, 0.4) is 0 Å². The first kappa shape index (κ1) is 7.82. The summed E-state index contributed by atoms with van der Waals surface area (Å²) in [4.78, 5) is 13.8. The Morgan fingerprint density at radius 3 is 3.14 bits per heavy atom. The molecule has 0 N–H and O–H groups in total. The van der Waals surface area contributed by atoms with Crippen molar-refractivity contribution in [2.24, 2.45) is 15.0 Å². The van der Waals surface area contributed by atoms with E-state index < -0.39 is 0 Å². The molecule has 1 aromatic rings. The highest BCUT2D eigenvalue weighted by Gasteiger charge is 2.25. The third-order valence-electron chi connectivity index (χ3n) is 2.23. The van der Waals surface area contributed by atoms with Gasteiger partial charge in [0.2, 0.25) is 0 Å². The van der Waals surface area contributed by atoms with E-state index in [0.717, 1.165) is 11.5 Å². The molecule has 0 aromatic carbocycles. The molecule has 4 heteroatoms. The maximum absolute atomic E-state index is 4.24. The van der Waals surface area contributed by atoms with Crippen molar-refractivity contribution < 1.29 is 0 Å². The molecular formula is C10H7N3S. The summed E-state index contributed by atoms with van der Waals surface area (Å²) in [6.07, 6.45) is 5.44. The van der Waals surface area contributed by atoms with Gasteiger partial charge in [-0.2, -0.15) is 0 Å². The first-order chi connectivity index (χ1) is 6.95. The minimum atomic E-state index is 0.241. The van der Waals surface area contributed by atoms with Gasteiger partial charge in [0.1, 0.15) is 6.34 Å². The molecule has 0 amide bonds. The van der Waals surface area contributed by atoms with Gasteiger partial charge in [-0.1, -0.05) is 12.1 Å². The van der Waals surface area contributed by atoms with Crippen LogP contribution in [0.1, 0.15) is 10.8 Å². The Labute approximate surface area is 85.2 Å². The number of amidine groups is 1. The Kier molecular flexibility index (Phi) is 1.67. The summed E-state index contributed by atoms with van der Waals surface area (Å²) in [6.45, 7) is 0. The van der Waals surface area contributed by atoms with Crippen molar-refractivity contribution in [1.82, 2.24) is 0 Å². The predicted octanol–water partition coefficient (Wildman–Crippen LogP) is 2.24. The van der Waals surface area contributed by atoms with Crippen molar-refractivity contribution in [3.05, 3.63) is 34.7 Å². The van der Waals surface area contributed by atoms with Gasteiger partial charge in [-0.05, 0) is 11.4 Å². The van der Waals surface area contributed by atoms with Crippen molar-refractivity contribution in [1.29, 1.82) is 0 Å². The van der Waals surface area contributed by atoms with Gasteiger partial charge in [-0.15, -0.1) is 11.3 Å². The Morgan fingerprint density at radius 1 is 1.29 bits per heavy atom. The van der Waals surface area contributed by atoms with E-state index in [1.54, 1.807) is 23.9 Å². The van der Waals surface area contributed by atoms with Crippen LogP contribution in [0.2, 0.25) is 0 Å². The molecule has 3 rings (SSSR count). The van der Waals surface area contributed by atoms with Gasteiger partial charge in [-0.25, -0.2) is 15.0 Å². The molecule has 1 atom stereocenters. The molecule has 2 aliphatic heterocycles. The van der Waals surface area contributed by atoms with Gasteiger partial charge in [-0.3, -0.25) is 0 Å². The molecule has 0 bridgehead atoms. The Balaban J connectivity index is 2.04. The summed E-state index contributed by atoms with van der Waals surface area (Å²) in [5, 5.41) is 2.07. The van der Waals surface area contributed by atoms with E-state index >= 15 is 0 Å². The third-order valence-corrected chi connectivity index (χ3v) is 3.18. The van der Waals surface area contributed by atoms with Crippen LogP contribution in [-0.2, 0) is 0 Å². The molecule has 3 heterocycles. The highest BCUT2D eigenvalue weighted by Crippen LogP contribution is 2.28. The van der Waals surface area contributed by atoms with Crippen LogP contribution in [0.5, 0.6) is 0 Å². The smallest absolute Gasteiger partial charge is 0.176 e. The van der Waals surface area contributed by atoms with Crippen LogP contribution in [0.4, 0.5) is 0 Å². The van der Waals surface area contributed by atoms with E-state index in [9.17, 15) is 0 Å². The number of rotatable bonds is 1. The lowest BCUT2D eigenvalue weighted by atomic mass is 9.99. The quantitative estimate of drug-likeness (QED) is 0.668. The zero-order chi connectivity index (χ0) is 9.38. The molecule has 3 nitrogen and oxygen atoms in total. The highest BCUT2D eigenvalue weighted by molar-refractivity contribution is 7.10. The molecule has 68 valence electrons. The third kappa shape index (κ3) is 1.08. The SMILES string of the molecule is C1=CC(c2cccs2)C2=NC=NC2=N1. The Bertz CT molecular complexity index is 466. The average Bonchev–Trinajstić information content (AvgIpc) is 2.88. The zero-order valence-electron chi connectivity index (χ0n) is 7.29. The largest absolute Gasteiger partial charge is 0.236 e. The molecule has 2 aliphatic rings. The van der Waals surface area contributed by atoms with Crippen molar-refractivity contribution in [3.63, 3.8) is 0 Å².